The van der Waals surface area contributed by atoms with Gasteiger partial charge in [0.1, 0.15) is 5.82 Å². The van der Waals surface area contributed by atoms with Crippen LogP contribution >= 0.6 is 0 Å². The van der Waals surface area contributed by atoms with E-state index in [0.717, 1.165) is 0 Å². The van der Waals surface area contributed by atoms with Gasteiger partial charge in [-0.1, -0.05) is 12.1 Å². The van der Waals surface area contributed by atoms with Crippen LogP contribution in [0.4, 0.5) is 29.1 Å². The number of aromatic nitrogens is 1. The van der Waals surface area contributed by atoms with E-state index in [1.807, 2.05) is 0 Å². The van der Waals surface area contributed by atoms with E-state index in [9.17, 15) is 22.4 Å². The fourth-order valence-electron chi connectivity index (χ4n) is 2.91. The molecule has 3 rings (SSSR count). The molecule has 1 aliphatic rings. The SMILES string of the molecule is CNc1cccc(F)c1-c1ccc2c(n1)N(OC(=O)C(F)(F)F)C(N)N(C)C2N. The van der Waals surface area contributed by atoms with Crippen LogP contribution in [0.25, 0.3) is 11.3 Å². The zero-order valence-corrected chi connectivity index (χ0v) is 15.4. The van der Waals surface area contributed by atoms with Gasteiger partial charge in [-0.2, -0.15) is 18.2 Å². The van der Waals surface area contributed by atoms with Gasteiger partial charge in [0.05, 0.1) is 17.4 Å². The molecular weight excluding hydrogens is 396 g/mol. The minimum absolute atomic E-state index is 0.0842. The van der Waals surface area contributed by atoms with Crippen molar-refractivity contribution in [1.29, 1.82) is 0 Å². The van der Waals surface area contributed by atoms with E-state index in [-0.39, 0.29) is 22.6 Å². The molecule has 156 valence electrons. The van der Waals surface area contributed by atoms with Gasteiger partial charge in [-0.3, -0.25) is 10.6 Å². The first-order valence-electron chi connectivity index (χ1n) is 8.35. The summed E-state index contributed by atoms with van der Waals surface area (Å²) in [6.45, 7) is 0. The lowest BCUT2D eigenvalue weighted by molar-refractivity contribution is -0.204. The highest BCUT2D eigenvalue weighted by Gasteiger charge is 2.46. The van der Waals surface area contributed by atoms with Crippen LogP contribution in [0.15, 0.2) is 30.3 Å². The van der Waals surface area contributed by atoms with Gasteiger partial charge in [0, 0.05) is 18.3 Å². The van der Waals surface area contributed by atoms with Crippen LogP contribution in [-0.2, 0) is 9.63 Å². The Hall–Kier alpha value is -2.96. The molecule has 0 fully saturated rings. The molecule has 29 heavy (non-hydrogen) atoms. The number of nitrogens with two attached hydrogens (primary N) is 2. The van der Waals surface area contributed by atoms with E-state index < -0.39 is 30.4 Å². The molecule has 12 heteroatoms. The number of carbonyl (C=O) groups is 1. The number of anilines is 2. The monoisotopic (exact) mass is 414 g/mol. The molecule has 2 unspecified atom stereocenters. The standard InChI is InChI=1S/C17H18F4N6O2/c1-24-10-5-3-4-9(18)12(10)11-7-6-8-13(22)26(2)16(23)27(14(8)25-11)29-15(28)17(19,20)21/h3-7,13,16,24H,22-23H2,1-2H3. The van der Waals surface area contributed by atoms with Gasteiger partial charge in [-0.05, 0) is 25.2 Å². The van der Waals surface area contributed by atoms with E-state index in [2.05, 4.69) is 15.1 Å². The third-order valence-corrected chi connectivity index (χ3v) is 4.48. The van der Waals surface area contributed by atoms with Crippen LogP contribution in [0, 0.1) is 5.82 Å². The van der Waals surface area contributed by atoms with Crippen molar-refractivity contribution >= 4 is 17.5 Å². The largest absolute Gasteiger partial charge is 0.493 e. The average Bonchev–Trinajstić information content (AvgIpc) is 2.68. The Morgan fingerprint density at radius 1 is 1.24 bits per heavy atom. The van der Waals surface area contributed by atoms with Gasteiger partial charge in [0.2, 0.25) is 0 Å². The fraction of sp³-hybridized carbons (Fsp3) is 0.294. The summed E-state index contributed by atoms with van der Waals surface area (Å²) in [6.07, 6.45) is -7.44. The summed E-state index contributed by atoms with van der Waals surface area (Å²) in [4.78, 5) is 21.4. The lowest BCUT2D eigenvalue weighted by atomic mass is 10.0. The zero-order valence-electron chi connectivity index (χ0n) is 15.4. The first kappa shape index (κ1) is 20.8. The number of nitrogens with zero attached hydrogens (tertiary/aromatic N) is 3. The third-order valence-electron chi connectivity index (χ3n) is 4.48. The minimum Gasteiger partial charge on any atom is -0.387 e. The summed E-state index contributed by atoms with van der Waals surface area (Å²) in [6, 6.07) is 7.23. The number of nitrogens with one attached hydrogen (secondary N) is 1. The normalized spacial score (nSPS) is 19.7. The van der Waals surface area contributed by atoms with E-state index in [4.69, 9.17) is 11.5 Å². The van der Waals surface area contributed by atoms with E-state index >= 15 is 0 Å². The molecule has 2 aromatic rings. The molecule has 5 N–H and O–H groups in total. The number of hydroxylamine groups is 1. The first-order valence-corrected chi connectivity index (χ1v) is 8.35. The van der Waals surface area contributed by atoms with Crippen molar-refractivity contribution < 1.29 is 27.2 Å². The number of alkyl halides is 3. The Morgan fingerprint density at radius 3 is 2.55 bits per heavy atom. The van der Waals surface area contributed by atoms with Gasteiger partial charge < -0.3 is 15.9 Å². The van der Waals surface area contributed by atoms with Crippen LogP contribution < -0.4 is 21.8 Å². The molecule has 8 nitrogen and oxygen atoms in total. The molecule has 0 saturated heterocycles. The summed E-state index contributed by atoms with van der Waals surface area (Å²) < 4.78 is 52.6. The topological polar surface area (TPSA) is 110 Å². The zero-order chi connectivity index (χ0) is 21.5. The second-order valence-corrected chi connectivity index (χ2v) is 6.25. The predicted octanol–water partition coefficient (Wildman–Crippen LogP) is 1.90. The average molecular weight is 414 g/mol. The second-order valence-electron chi connectivity index (χ2n) is 6.25. The minimum atomic E-state index is -5.25. The highest BCUT2D eigenvalue weighted by atomic mass is 19.4. The predicted molar refractivity (Wildman–Crippen MR) is 96.5 cm³/mol. The Kier molecular flexibility index (Phi) is 5.34. The molecule has 0 amide bonds. The lowest BCUT2D eigenvalue weighted by Crippen LogP contribution is -2.60. The molecule has 0 saturated carbocycles. The Balaban J connectivity index is 2.14. The van der Waals surface area contributed by atoms with Gasteiger partial charge >= 0.3 is 12.1 Å². The van der Waals surface area contributed by atoms with Crippen molar-refractivity contribution in [1.82, 2.24) is 9.88 Å². The summed E-state index contributed by atoms with van der Waals surface area (Å²) in [5.74, 6) is -3.30. The van der Waals surface area contributed by atoms with Crippen molar-refractivity contribution in [2.75, 3.05) is 24.5 Å². The van der Waals surface area contributed by atoms with Gasteiger partial charge in [0.25, 0.3) is 0 Å². The molecule has 1 aliphatic heterocycles. The second kappa shape index (κ2) is 7.46. The maximum atomic E-state index is 14.4. The van der Waals surface area contributed by atoms with Crippen LogP contribution in [0.5, 0.6) is 0 Å². The number of halogens is 4. The van der Waals surface area contributed by atoms with Crippen molar-refractivity contribution in [2.24, 2.45) is 11.5 Å². The third kappa shape index (κ3) is 3.69. The summed E-state index contributed by atoms with van der Waals surface area (Å²) >= 11 is 0. The molecule has 0 bridgehead atoms. The van der Waals surface area contributed by atoms with Crippen molar-refractivity contribution in [3.8, 4) is 11.3 Å². The van der Waals surface area contributed by atoms with Crippen LogP contribution in [0.1, 0.15) is 11.7 Å². The summed E-state index contributed by atoms with van der Waals surface area (Å²) in [5.41, 5.74) is 12.8. The molecule has 0 radical (unpaired) electrons. The maximum absolute atomic E-state index is 14.4. The number of hydrogen-bond donors (Lipinski definition) is 3. The van der Waals surface area contributed by atoms with Crippen molar-refractivity contribution in [2.45, 2.75) is 18.6 Å². The molecule has 2 atom stereocenters. The Bertz CT molecular complexity index is 939. The number of hydrogen-bond acceptors (Lipinski definition) is 8. The molecule has 2 heterocycles. The fourth-order valence-corrected chi connectivity index (χ4v) is 2.91. The van der Waals surface area contributed by atoms with E-state index in [0.29, 0.717) is 10.8 Å². The van der Waals surface area contributed by atoms with Crippen LogP contribution in [0.3, 0.4) is 0 Å². The van der Waals surface area contributed by atoms with Gasteiger partial charge in [-0.15, -0.1) is 0 Å². The van der Waals surface area contributed by atoms with Crippen LogP contribution in [0.2, 0.25) is 0 Å². The molecule has 0 spiro atoms. The highest BCUT2D eigenvalue weighted by Crippen LogP contribution is 2.37. The van der Waals surface area contributed by atoms with Gasteiger partial charge in [-0.25, -0.2) is 14.2 Å². The quantitative estimate of drug-likeness (QED) is 0.654. The first-order chi connectivity index (χ1) is 13.6. The van der Waals surface area contributed by atoms with Crippen LogP contribution in [-0.4, -0.2) is 42.4 Å². The lowest BCUT2D eigenvalue weighted by Gasteiger charge is -2.42. The van der Waals surface area contributed by atoms with E-state index in [1.54, 1.807) is 13.1 Å². The Labute approximate surface area is 163 Å². The number of rotatable bonds is 3. The number of pyridine rings is 1. The summed E-state index contributed by atoms with van der Waals surface area (Å²) in [7, 11) is 3.02. The van der Waals surface area contributed by atoms with Gasteiger partial charge in [0.15, 0.2) is 12.1 Å². The van der Waals surface area contributed by atoms with Crippen molar-refractivity contribution in [3.63, 3.8) is 0 Å². The number of carbonyl (C=O) groups excluding carboxylic acids is 1. The maximum Gasteiger partial charge on any atom is 0.493 e. The number of benzene rings is 1. The summed E-state index contributed by atoms with van der Waals surface area (Å²) in [5, 5.41) is 3.33. The molecule has 1 aromatic heterocycles. The van der Waals surface area contributed by atoms with Crippen molar-refractivity contribution in [3.05, 3.63) is 41.7 Å². The molecule has 0 aliphatic carbocycles. The highest BCUT2D eigenvalue weighted by molar-refractivity contribution is 5.79. The molecular formula is C17H18F4N6O2. The number of fused-ring (bicyclic) bond motifs is 1. The smallest absolute Gasteiger partial charge is 0.387 e. The van der Waals surface area contributed by atoms with E-state index in [1.165, 1.54) is 36.2 Å². The molecule has 1 aromatic carbocycles. The Morgan fingerprint density at radius 2 is 1.93 bits per heavy atom.